The number of benzene rings is 3. The SMILES string of the molecule is Cc1cccc(C)c1C1CCN(Cc2c(C(=O)N3CCN(c4cccc(C(F)(F)F)c4)CC3)[nH]c3ccccc23)CC1. The van der Waals surface area contributed by atoms with Crippen LogP contribution < -0.4 is 4.90 Å². The van der Waals surface area contributed by atoms with Crippen LogP contribution in [0.4, 0.5) is 18.9 Å². The minimum absolute atomic E-state index is 0.0460. The summed E-state index contributed by atoms with van der Waals surface area (Å²) in [4.78, 5) is 23.5. The fourth-order valence-electron chi connectivity index (χ4n) is 6.83. The van der Waals surface area contributed by atoms with Gasteiger partial charge in [-0.25, -0.2) is 0 Å². The van der Waals surface area contributed by atoms with Gasteiger partial charge in [0.2, 0.25) is 0 Å². The molecule has 0 aliphatic carbocycles. The second kappa shape index (κ2) is 11.5. The summed E-state index contributed by atoms with van der Waals surface area (Å²) in [5.74, 6) is 0.509. The van der Waals surface area contributed by atoms with Crippen molar-refractivity contribution in [2.24, 2.45) is 0 Å². The van der Waals surface area contributed by atoms with Crippen molar-refractivity contribution >= 4 is 22.5 Å². The number of piperazine rings is 1. The van der Waals surface area contributed by atoms with E-state index in [4.69, 9.17) is 0 Å². The number of amides is 1. The third kappa shape index (κ3) is 5.64. The molecule has 0 bridgehead atoms. The van der Waals surface area contributed by atoms with Crippen LogP contribution in [-0.2, 0) is 12.7 Å². The summed E-state index contributed by atoms with van der Waals surface area (Å²) >= 11 is 0. The van der Waals surface area contributed by atoms with Gasteiger partial charge in [-0.3, -0.25) is 9.69 Å². The van der Waals surface area contributed by atoms with Crippen molar-refractivity contribution in [2.45, 2.75) is 45.3 Å². The van der Waals surface area contributed by atoms with Crippen LogP contribution in [-0.4, -0.2) is 60.0 Å². The third-order valence-electron chi connectivity index (χ3n) is 9.05. The number of nitrogens with zero attached hydrogens (tertiary/aromatic N) is 3. The lowest BCUT2D eigenvalue weighted by atomic mass is 9.84. The molecule has 0 spiro atoms. The quantitative estimate of drug-likeness (QED) is 0.275. The summed E-state index contributed by atoms with van der Waals surface area (Å²) in [5, 5.41) is 1.07. The topological polar surface area (TPSA) is 42.6 Å². The van der Waals surface area contributed by atoms with Gasteiger partial charge in [0.05, 0.1) is 5.56 Å². The number of rotatable bonds is 5. The number of alkyl halides is 3. The van der Waals surface area contributed by atoms with Gasteiger partial charge in [0.1, 0.15) is 5.69 Å². The zero-order valence-electron chi connectivity index (χ0n) is 24.2. The highest BCUT2D eigenvalue weighted by molar-refractivity contribution is 6.01. The smallest absolute Gasteiger partial charge is 0.368 e. The number of nitrogens with one attached hydrogen (secondary N) is 1. The molecule has 42 heavy (non-hydrogen) atoms. The predicted octanol–water partition coefficient (Wildman–Crippen LogP) is 7.15. The van der Waals surface area contributed by atoms with Gasteiger partial charge in [0.15, 0.2) is 0 Å². The van der Waals surface area contributed by atoms with Crippen LogP contribution in [0, 0.1) is 13.8 Å². The molecule has 0 unspecified atom stereocenters. The van der Waals surface area contributed by atoms with Gasteiger partial charge in [-0.2, -0.15) is 13.2 Å². The molecular formula is C34H37F3N4O. The summed E-state index contributed by atoms with van der Waals surface area (Å²) < 4.78 is 39.7. The maximum Gasteiger partial charge on any atom is 0.416 e. The van der Waals surface area contributed by atoms with Gasteiger partial charge in [0.25, 0.3) is 5.91 Å². The zero-order chi connectivity index (χ0) is 29.4. The van der Waals surface area contributed by atoms with E-state index < -0.39 is 11.7 Å². The standard InChI is InChI=1S/C34H37F3N4O/c1-23-7-5-8-24(2)31(23)25-13-15-39(16-14-25)22-29-28-11-3-4-12-30(28)38-32(29)33(42)41-19-17-40(18-20-41)27-10-6-9-26(21-27)34(35,36)37/h3-12,21,25,38H,13-20,22H2,1-2H3. The number of carbonyl (C=O) groups is 1. The minimum atomic E-state index is -4.38. The summed E-state index contributed by atoms with van der Waals surface area (Å²) in [7, 11) is 0. The predicted molar refractivity (Wildman–Crippen MR) is 161 cm³/mol. The van der Waals surface area contributed by atoms with Gasteiger partial charge in [-0.1, -0.05) is 42.5 Å². The van der Waals surface area contributed by atoms with E-state index in [1.54, 1.807) is 6.07 Å². The largest absolute Gasteiger partial charge is 0.416 e. The number of aromatic amines is 1. The van der Waals surface area contributed by atoms with Crippen molar-refractivity contribution in [3.05, 3.63) is 100 Å². The number of carbonyl (C=O) groups excluding carboxylic acids is 1. The number of aromatic nitrogens is 1. The summed E-state index contributed by atoms with van der Waals surface area (Å²) in [5.41, 5.74) is 6.71. The Labute approximate surface area is 244 Å². The van der Waals surface area contributed by atoms with E-state index in [2.05, 4.69) is 48.0 Å². The summed E-state index contributed by atoms with van der Waals surface area (Å²) in [6.07, 6.45) is -2.20. The molecule has 1 amide bonds. The van der Waals surface area contributed by atoms with E-state index in [-0.39, 0.29) is 5.91 Å². The molecule has 1 N–H and O–H groups in total. The van der Waals surface area contributed by atoms with Crippen molar-refractivity contribution in [1.82, 2.24) is 14.8 Å². The number of aryl methyl sites for hydroxylation is 2. The fraction of sp³-hybridized carbons (Fsp3) is 0.382. The van der Waals surface area contributed by atoms with Crippen LogP contribution in [0.5, 0.6) is 0 Å². The molecule has 0 radical (unpaired) electrons. The minimum Gasteiger partial charge on any atom is -0.368 e. The van der Waals surface area contributed by atoms with E-state index in [1.165, 1.54) is 28.8 Å². The van der Waals surface area contributed by atoms with Crippen LogP contribution in [0.3, 0.4) is 0 Å². The normalized spacial score (nSPS) is 17.3. The Kier molecular flexibility index (Phi) is 7.75. The Balaban J connectivity index is 1.16. The molecule has 2 saturated heterocycles. The van der Waals surface area contributed by atoms with E-state index in [9.17, 15) is 18.0 Å². The molecule has 4 aromatic rings. The van der Waals surface area contributed by atoms with Crippen LogP contribution >= 0.6 is 0 Å². The Hall–Kier alpha value is -3.78. The molecule has 2 aliphatic heterocycles. The lowest BCUT2D eigenvalue weighted by Gasteiger charge is -2.36. The Morgan fingerprint density at radius 1 is 0.857 bits per heavy atom. The monoisotopic (exact) mass is 574 g/mol. The number of fused-ring (bicyclic) bond motifs is 1. The van der Waals surface area contributed by atoms with Gasteiger partial charge in [-0.15, -0.1) is 0 Å². The van der Waals surface area contributed by atoms with Crippen molar-refractivity contribution in [1.29, 1.82) is 0 Å². The molecule has 2 fully saturated rings. The van der Waals surface area contributed by atoms with Gasteiger partial charge < -0.3 is 14.8 Å². The van der Waals surface area contributed by atoms with Crippen molar-refractivity contribution in [3.8, 4) is 0 Å². The molecule has 3 aromatic carbocycles. The van der Waals surface area contributed by atoms with E-state index in [0.29, 0.717) is 50.0 Å². The van der Waals surface area contributed by atoms with Gasteiger partial charge >= 0.3 is 6.18 Å². The Bertz CT molecular complexity index is 1560. The number of hydrogen-bond donors (Lipinski definition) is 1. The Morgan fingerprint density at radius 2 is 1.52 bits per heavy atom. The first kappa shape index (κ1) is 28.3. The number of anilines is 1. The number of piperidine rings is 1. The maximum atomic E-state index is 13.9. The molecule has 0 saturated carbocycles. The van der Waals surface area contributed by atoms with Crippen LogP contribution in [0.1, 0.15) is 57.1 Å². The van der Waals surface area contributed by atoms with Crippen LogP contribution in [0.25, 0.3) is 10.9 Å². The lowest BCUT2D eigenvalue weighted by Crippen LogP contribution is -2.49. The molecule has 0 atom stereocenters. The average molecular weight is 575 g/mol. The lowest BCUT2D eigenvalue weighted by molar-refractivity contribution is -0.137. The first-order valence-electron chi connectivity index (χ1n) is 14.8. The van der Waals surface area contributed by atoms with Crippen molar-refractivity contribution < 1.29 is 18.0 Å². The molecule has 220 valence electrons. The fourth-order valence-corrected chi connectivity index (χ4v) is 6.83. The maximum absolute atomic E-state index is 13.9. The van der Waals surface area contributed by atoms with Crippen LogP contribution in [0.15, 0.2) is 66.7 Å². The first-order valence-corrected chi connectivity index (χ1v) is 14.8. The van der Waals surface area contributed by atoms with E-state index in [1.807, 2.05) is 28.0 Å². The molecular weight excluding hydrogens is 537 g/mol. The highest BCUT2D eigenvalue weighted by atomic mass is 19.4. The number of para-hydroxylation sites is 1. The molecule has 2 aliphatic rings. The number of H-pyrrole nitrogens is 1. The molecule has 8 heteroatoms. The molecule has 5 nitrogen and oxygen atoms in total. The summed E-state index contributed by atoms with van der Waals surface area (Å²) in [6.45, 7) is 8.92. The van der Waals surface area contributed by atoms with Crippen LogP contribution in [0.2, 0.25) is 0 Å². The van der Waals surface area contributed by atoms with E-state index in [0.717, 1.165) is 48.5 Å². The van der Waals surface area contributed by atoms with E-state index >= 15 is 0 Å². The van der Waals surface area contributed by atoms with Gasteiger partial charge in [0, 0.05) is 54.9 Å². The highest BCUT2D eigenvalue weighted by Crippen LogP contribution is 2.35. The highest BCUT2D eigenvalue weighted by Gasteiger charge is 2.32. The van der Waals surface area contributed by atoms with Crippen molar-refractivity contribution in [2.75, 3.05) is 44.2 Å². The number of likely N-dealkylation sites (tertiary alicyclic amines) is 1. The summed E-state index contributed by atoms with van der Waals surface area (Å²) in [6, 6.07) is 20.0. The molecule has 1 aromatic heterocycles. The number of hydrogen-bond acceptors (Lipinski definition) is 3. The molecule has 6 rings (SSSR count). The molecule has 3 heterocycles. The first-order chi connectivity index (χ1) is 20.2. The van der Waals surface area contributed by atoms with Crippen molar-refractivity contribution in [3.63, 3.8) is 0 Å². The third-order valence-corrected chi connectivity index (χ3v) is 9.05. The number of halogens is 3. The second-order valence-electron chi connectivity index (χ2n) is 11.7. The Morgan fingerprint density at radius 3 is 2.21 bits per heavy atom. The average Bonchev–Trinajstić information content (AvgIpc) is 3.35. The second-order valence-corrected chi connectivity index (χ2v) is 11.7. The van der Waals surface area contributed by atoms with Gasteiger partial charge in [-0.05, 0) is 86.7 Å². The zero-order valence-corrected chi connectivity index (χ0v) is 24.2.